The van der Waals surface area contributed by atoms with Gasteiger partial charge in [0.05, 0.1) is 11.1 Å². The standard InChI is InChI=1S/C24H30BrN3O3S/c1-3-4-5-6-15-31-21-13-10-18(16-20(21)25)23(30)28-24(32)27-19-11-7-17(8-12-19)9-14-22(29)26-2/h7-8,10-13,16H,3-6,9,14-15H2,1-2H3,(H,26,29)(H2,27,28,30,32). The predicted octanol–water partition coefficient (Wildman–Crippen LogP) is 5.21. The van der Waals surface area contributed by atoms with Gasteiger partial charge < -0.3 is 15.4 Å². The highest BCUT2D eigenvalue weighted by Gasteiger charge is 2.11. The van der Waals surface area contributed by atoms with Crippen LogP contribution in [0.15, 0.2) is 46.9 Å². The molecular weight excluding hydrogens is 490 g/mol. The van der Waals surface area contributed by atoms with Gasteiger partial charge in [-0.1, -0.05) is 38.3 Å². The molecule has 0 aliphatic rings. The van der Waals surface area contributed by atoms with Crippen molar-refractivity contribution in [1.29, 1.82) is 0 Å². The largest absolute Gasteiger partial charge is 0.492 e. The number of rotatable bonds is 11. The Labute approximate surface area is 203 Å². The van der Waals surface area contributed by atoms with Gasteiger partial charge >= 0.3 is 0 Å². The first-order valence-electron chi connectivity index (χ1n) is 10.8. The molecule has 0 saturated carbocycles. The predicted molar refractivity (Wildman–Crippen MR) is 136 cm³/mol. The molecule has 0 aromatic heterocycles. The van der Waals surface area contributed by atoms with Crippen LogP contribution in [-0.4, -0.2) is 30.6 Å². The van der Waals surface area contributed by atoms with Gasteiger partial charge in [0.2, 0.25) is 5.91 Å². The minimum Gasteiger partial charge on any atom is -0.492 e. The van der Waals surface area contributed by atoms with Crippen molar-refractivity contribution < 1.29 is 14.3 Å². The van der Waals surface area contributed by atoms with E-state index in [4.69, 9.17) is 17.0 Å². The van der Waals surface area contributed by atoms with Crippen molar-refractivity contribution in [3.63, 3.8) is 0 Å². The molecule has 0 fully saturated rings. The Hall–Kier alpha value is -2.45. The third-order valence-electron chi connectivity index (χ3n) is 4.81. The third kappa shape index (κ3) is 8.96. The lowest BCUT2D eigenvalue weighted by Gasteiger charge is -2.12. The lowest BCUT2D eigenvalue weighted by Crippen LogP contribution is -2.34. The second-order valence-electron chi connectivity index (χ2n) is 7.33. The fourth-order valence-electron chi connectivity index (χ4n) is 2.95. The number of carbonyl (C=O) groups is 2. The number of thiocarbonyl (C=S) groups is 1. The minimum atomic E-state index is -0.306. The van der Waals surface area contributed by atoms with Gasteiger partial charge in [-0.25, -0.2) is 0 Å². The summed E-state index contributed by atoms with van der Waals surface area (Å²) in [6.07, 6.45) is 5.66. The molecule has 0 spiro atoms. The summed E-state index contributed by atoms with van der Waals surface area (Å²) in [7, 11) is 1.63. The first-order chi connectivity index (χ1) is 15.4. The molecule has 0 saturated heterocycles. The first-order valence-corrected chi connectivity index (χ1v) is 12.0. The highest BCUT2D eigenvalue weighted by atomic mass is 79.9. The third-order valence-corrected chi connectivity index (χ3v) is 5.63. The maximum atomic E-state index is 12.5. The van der Waals surface area contributed by atoms with Crippen molar-refractivity contribution in [2.45, 2.75) is 45.4 Å². The van der Waals surface area contributed by atoms with Gasteiger partial charge in [0.1, 0.15) is 5.75 Å². The zero-order chi connectivity index (χ0) is 23.3. The number of carbonyl (C=O) groups excluding carboxylic acids is 2. The number of amides is 2. The van der Waals surface area contributed by atoms with E-state index >= 15 is 0 Å². The van der Waals surface area contributed by atoms with Crippen LogP contribution in [0, 0.1) is 0 Å². The summed E-state index contributed by atoms with van der Waals surface area (Å²) in [5.74, 6) is 0.421. The summed E-state index contributed by atoms with van der Waals surface area (Å²) in [5.41, 5.74) is 2.28. The van der Waals surface area contributed by atoms with Crippen molar-refractivity contribution >= 4 is 50.8 Å². The Morgan fingerprint density at radius 1 is 1.06 bits per heavy atom. The van der Waals surface area contributed by atoms with Crippen LogP contribution >= 0.6 is 28.1 Å². The molecule has 0 unspecified atom stereocenters. The first kappa shape index (κ1) is 25.8. The van der Waals surface area contributed by atoms with Gasteiger partial charge in [-0.15, -0.1) is 0 Å². The van der Waals surface area contributed by atoms with E-state index in [-0.39, 0.29) is 16.9 Å². The van der Waals surface area contributed by atoms with Crippen LogP contribution in [0.5, 0.6) is 5.75 Å². The quantitative estimate of drug-likeness (QED) is 0.280. The van der Waals surface area contributed by atoms with Crippen molar-refractivity contribution in [3.8, 4) is 5.75 Å². The molecule has 32 heavy (non-hydrogen) atoms. The summed E-state index contributed by atoms with van der Waals surface area (Å²) < 4.78 is 6.51. The molecule has 0 bridgehead atoms. The monoisotopic (exact) mass is 519 g/mol. The molecule has 2 amide bonds. The van der Waals surface area contributed by atoms with E-state index < -0.39 is 0 Å². The highest BCUT2D eigenvalue weighted by molar-refractivity contribution is 9.10. The molecule has 6 nitrogen and oxygen atoms in total. The number of halogens is 1. The minimum absolute atomic E-state index is 0.00861. The van der Waals surface area contributed by atoms with Crippen LogP contribution < -0.4 is 20.7 Å². The molecular formula is C24H30BrN3O3S. The van der Waals surface area contributed by atoms with Gasteiger partial charge in [0.15, 0.2) is 5.11 Å². The van der Waals surface area contributed by atoms with E-state index in [1.807, 2.05) is 24.3 Å². The van der Waals surface area contributed by atoms with E-state index in [0.717, 1.165) is 34.3 Å². The summed E-state index contributed by atoms with van der Waals surface area (Å²) in [6, 6.07) is 12.8. The van der Waals surface area contributed by atoms with Crippen molar-refractivity contribution in [2.24, 2.45) is 0 Å². The van der Waals surface area contributed by atoms with Crippen molar-refractivity contribution in [3.05, 3.63) is 58.1 Å². The van der Waals surface area contributed by atoms with Gasteiger partial charge in [-0.05, 0) is 76.9 Å². The molecule has 0 aliphatic carbocycles. The zero-order valence-electron chi connectivity index (χ0n) is 18.5. The van der Waals surface area contributed by atoms with Gasteiger partial charge in [-0.2, -0.15) is 0 Å². The fraction of sp³-hybridized carbons (Fsp3) is 0.375. The fourth-order valence-corrected chi connectivity index (χ4v) is 3.65. The SMILES string of the molecule is CCCCCCOc1ccc(C(=O)NC(=S)Nc2ccc(CCC(=O)NC)cc2)cc1Br. The van der Waals surface area contributed by atoms with Crippen LogP contribution in [0.25, 0.3) is 0 Å². The van der Waals surface area contributed by atoms with Crippen LogP contribution in [0.4, 0.5) is 5.69 Å². The maximum absolute atomic E-state index is 12.5. The van der Waals surface area contributed by atoms with Crippen LogP contribution in [-0.2, 0) is 11.2 Å². The van der Waals surface area contributed by atoms with Crippen LogP contribution in [0.1, 0.15) is 54.9 Å². The Bertz CT molecular complexity index is 919. The number of hydrogen-bond donors (Lipinski definition) is 3. The second-order valence-corrected chi connectivity index (χ2v) is 8.60. The Morgan fingerprint density at radius 2 is 1.81 bits per heavy atom. The van der Waals surface area contributed by atoms with E-state index in [1.54, 1.807) is 25.2 Å². The summed E-state index contributed by atoms with van der Waals surface area (Å²) in [5, 5.41) is 8.50. The smallest absolute Gasteiger partial charge is 0.257 e. The number of nitrogens with one attached hydrogen (secondary N) is 3. The van der Waals surface area contributed by atoms with E-state index in [0.29, 0.717) is 25.0 Å². The summed E-state index contributed by atoms with van der Waals surface area (Å²) in [4.78, 5) is 23.9. The Balaban J connectivity index is 1.83. The highest BCUT2D eigenvalue weighted by Crippen LogP contribution is 2.26. The molecule has 0 heterocycles. The molecule has 0 aliphatic heterocycles. The van der Waals surface area contributed by atoms with E-state index in [1.165, 1.54) is 12.8 Å². The molecule has 172 valence electrons. The summed E-state index contributed by atoms with van der Waals surface area (Å²) in [6.45, 7) is 2.83. The maximum Gasteiger partial charge on any atom is 0.257 e. The molecule has 2 aromatic carbocycles. The van der Waals surface area contributed by atoms with Crippen LogP contribution in [0.2, 0.25) is 0 Å². The summed E-state index contributed by atoms with van der Waals surface area (Å²) >= 11 is 8.74. The van der Waals surface area contributed by atoms with Crippen molar-refractivity contribution in [1.82, 2.24) is 10.6 Å². The average molecular weight is 520 g/mol. The second kappa shape index (κ2) is 13.9. The number of anilines is 1. The number of unbranched alkanes of at least 4 members (excludes halogenated alkanes) is 3. The van der Waals surface area contributed by atoms with Gasteiger partial charge in [-0.3, -0.25) is 14.9 Å². The lowest BCUT2D eigenvalue weighted by molar-refractivity contribution is -0.120. The molecule has 3 N–H and O–H groups in total. The number of hydrogen-bond acceptors (Lipinski definition) is 4. The molecule has 8 heteroatoms. The van der Waals surface area contributed by atoms with Crippen LogP contribution in [0.3, 0.4) is 0 Å². The average Bonchev–Trinajstić information content (AvgIpc) is 2.79. The van der Waals surface area contributed by atoms with Gasteiger partial charge in [0, 0.05) is 24.7 Å². The molecule has 0 atom stereocenters. The molecule has 2 aromatic rings. The van der Waals surface area contributed by atoms with Crippen molar-refractivity contribution in [2.75, 3.05) is 19.0 Å². The Kier molecular flexibility index (Phi) is 11.2. The van der Waals surface area contributed by atoms with E-state index in [2.05, 4.69) is 38.8 Å². The zero-order valence-corrected chi connectivity index (χ0v) is 20.9. The number of benzene rings is 2. The number of aryl methyl sites for hydroxylation is 1. The normalized spacial score (nSPS) is 10.3. The van der Waals surface area contributed by atoms with Gasteiger partial charge in [0.25, 0.3) is 5.91 Å². The number of ether oxygens (including phenoxy) is 1. The molecule has 2 rings (SSSR count). The lowest BCUT2D eigenvalue weighted by atomic mass is 10.1. The van der Waals surface area contributed by atoms with E-state index in [9.17, 15) is 9.59 Å². The topological polar surface area (TPSA) is 79.5 Å². The molecule has 0 radical (unpaired) electrons. The Morgan fingerprint density at radius 3 is 2.47 bits per heavy atom.